The Kier molecular flexibility index (Phi) is 6.53. The maximum absolute atomic E-state index is 13.1. The Hall–Kier alpha value is -3.30. The monoisotopic (exact) mass is 491 g/mol. The van der Waals surface area contributed by atoms with Crippen molar-refractivity contribution >= 4 is 39.4 Å². The lowest BCUT2D eigenvalue weighted by Crippen LogP contribution is -2.52. The Morgan fingerprint density at radius 1 is 1.14 bits per heavy atom. The molecular weight excluding hydrogens is 462 g/mol. The second kappa shape index (κ2) is 9.75. The minimum absolute atomic E-state index is 0.0474. The van der Waals surface area contributed by atoms with E-state index in [9.17, 15) is 14.4 Å². The van der Waals surface area contributed by atoms with Crippen LogP contribution in [0.25, 0.3) is 10.2 Å². The number of para-hydroxylation sites is 1. The molecule has 0 spiro atoms. The number of carbonyl (C=O) groups excluding carboxylic acids is 3. The van der Waals surface area contributed by atoms with E-state index in [1.54, 1.807) is 18.3 Å². The van der Waals surface area contributed by atoms with Gasteiger partial charge in [0.25, 0.3) is 11.8 Å². The van der Waals surface area contributed by atoms with E-state index in [0.717, 1.165) is 51.6 Å². The fourth-order valence-electron chi connectivity index (χ4n) is 4.83. The van der Waals surface area contributed by atoms with E-state index in [2.05, 4.69) is 21.7 Å². The number of hydrogen-bond acceptors (Lipinski definition) is 6. The number of urea groups is 1. The molecule has 2 saturated heterocycles. The first kappa shape index (κ1) is 23.4. The van der Waals surface area contributed by atoms with Crippen LogP contribution in [-0.2, 0) is 16.0 Å². The van der Waals surface area contributed by atoms with Gasteiger partial charge in [0.15, 0.2) is 0 Å². The van der Waals surface area contributed by atoms with Crippen LogP contribution in [0.5, 0.6) is 0 Å². The van der Waals surface area contributed by atoms with Crippen molar-refractivity contribution in [1.82, 2.24) is 25.6 Å². The highest BCUT2D eigenvalue weighted by atomic mass is 32.1. The van der Waals surface area contributed by atoms with Crippen LogP contribution in [0.3, 0.4) is 0 Å². The predicted molar refractivity (Wildman–Crippen MR) is 134 cm³/mol. The Morgan fingerprint density at radius 2 is 1.91 bits per heavy atom. The van der Waals surface area contributed by atoms with E-state index in [0.29, 0.717) is 12.8 Å². The molecule has 0 bridgehead atoms. The van der Waals surface area contributed by atoms with Gasteiger partial charge in [0, 0.05) is 0 Å². The zero-order chi connectivity index (χ0) is 24.4. The minimum atomic E-state index is -1.06. The number of nitrogens with zero attached hydrogens (tertiary/aromatic N) is 3. The van der Waals surface area contributed by atoms with E-state index < -0.39 is 17.5 Å². The zero-order valence-electron chi connectivity index (χ0n) is 19.7. The van der Waals surface area contributed by atoms with Gasteiger partial charge in [0.05, 0.1) is 22.8 Å². The Bertz CT molecular complexity index is 1210. The number of aromatic nitrogens is 1. The fourth-order valence-corrected chi connectivity index (χ4v) is 5.97. The highest BCUT2D eigenvalue weighted by Gasteiger charge is 2.48. The zero-order valence-corrected chi connectivity index (χ0v) is 20.5. The van der Waals surface area contributed by atoms with Crippen LogP contribution in [0.15, 0.2) is 54.6 Å². The predicted octanol–water partition coefficient (Wildman–Crippen LogP) is 3.80. The molecule has 2 aliphatic rings. The molecule has 1 aromatic heterocycles. The van der Waals surface area contributed by atoms with Crippen molar-refractivity contribution in [3.63, 3.8) is 0 Å². The summed E-state index contributed by atoms with van der Waals surface area (Å²) in [6, 6.07) is 17.3. The van der Waals surface area contributed by atoms with Crippen molar-refractivity contribution in [2.24, 2.45) is 0 Å². The lowest BCUT2D eigenvalue weighted by molar-refractivity contribution is -0.139. The highest BCUT2D eigenvalue weighted by molar-refractivity contribution is 7.18. The molecule has 2 aliphatic heterocycles. The molecule has 35 heavy (non-hydrogen) atoms. The molecule has 3 heterocycles. The molecule has 2 N–H and O–H groups in total. The number of likely N-dealkylation sites (tertiary alicyclic amines) is 1. The lowest BCUT2D eigenvalue weighted by atomic mass is 9.93. The molecular formula is C26H29N5O3S. The van der Waals surface area contributed by atoms with Crippen LogP contribution >= 0.6 is 11.3 Å². The molecule has 9 heteroatoms. The van der Waals surface area contributed by atoms with Gasteiger partial charge in [-0.15, -0.1) is 11.3 Å². The van der Waals surface area contributed by atoms with Crippen molar-refractivity contribution in [1.29, 1.82) is 0 Å². The van der Waals surface area contributed by atoms with E-state index in [1.807, 2.05) is 48.5 Å². The largest absolute Gasteiger partial charge is 0.344 e. The molecule has 2 aromatic carbocycles. The molecule has 0 aliphatic carbocycles. The summed E-state index contributed by atoms with van der Waals surface area (Å²) in [5.74, 6) is -0.818. The van der Waals surface area contributed by atoms with Gasteiger partial charge in [0.2, 0.25) is 0 Å². The number of hydrazine groups is 1. The summed E-state index contributed by atoms with van der Waals surface area (Å²) in [4.78, 5) is 45.5. The number of fused-ring (bicyclic) bond motifs is 1. The number of thiazole rings is 1. The van der Waals surface area contributed by atoms with Crippen molar-refractivity contribution in [2.45, 2.75) is 50.6 Å². The highest BCUT2D eigenvalue weighted by Crippen LogP contribution is 2.35. The van der Waals surface area contributed by atoms with Crippen molar-refractivity contribution in [2.75, 3.05) is 13.1 Å². The summed E-state index contributed by atoms with van der Waals surface area (Å²) in [7, 11) is 0. The lowest BCUT2D eigenvalue weighted by Gasteiger charge is -2.34. The van der Waals surface area contributed by atoms with E-state index in [4.69, 9.17) is 4.98 Å². The topological polar surface area (TPSA) is 94.6 Å². The summed E-state index contributed by atoms with van der Waals surface area (Å²) < 4.78 is 1.13. The smallest absolute Gasteiger partial charge is 0.322 e. The van der Waals surface area contributed by atoms with Crippen LogP contribution in [0.2, 0.25) is 0 Å². The quantitative estimate of drug-likeness (QED) is 0.491. The summed E-state index contributed by atoms with van der Waals surface area (Å²) in [6.07, 6.45) is 4.08. The molecule has 3 aromatic rings. The summed E-state index contributed by atoms with van der Waals surface area (Å²) in [6.45, 7) is 2.57. The number of aryl methyl sites for hydroxylation is 1. The Balaban J connectivity index is 1.23. The normalized spacial score (nSPS) is 23.0. The number of benzene rings is 2. The van der Waals surface area contributed by atoms with Crippen LogP contribution < -0.4 is 10.7 Å². The molecule has 2 fully saturated rings. The molecule has 4 amide bonds. The molecule has 8 nitrogen and oxygen atoms in total. The molecule has 0 unspecified atom stereocenters. The van der Waals surface area contributed by atoms with Gasteiger partial charge in [-0.25, -0.2) is 9.78 Å². The van der Waals surface area contributed by atoms with Crippen molar-refractivity contribution < 1.29 is 14.4 Å². The van der Waals surface area contributed by atoms with Crippen LogP contribution in [0, 0.1) is 0 Å². The van der Waals surface area contributed by atoms with Gasteiger partial charge in [-0.1, -0.05) is 48.9 Å². The van der Waals surface area contributed by atoms with Gasteiger partial charge in [-0.3, -0.25) is 19.9 Å². The third-order valence-electron chi connectivity index (χ3n) is 6.81. The molecule has 5 rings (SSSR count). The number of nitrogens with one attached hydrogen (secondary N) is 2. The van der Waals surface area contributed by atoms with Crippen molar-refractivity contribution in [3.8, 4) is 0 Å². The fraction of sp³-hybridized carbons (Fsp3) is 0.385. The van der Waals surface area contributed by atoms with Gasteiger partial charge in [-0.05, 0) is 56.8 Å². The number of rotatable bonds is 7. The molecule has 182 valence electrons. The van der Waals surface area contributed by atoms with Gasteiger partial charge in [-0.2, -0.15) is 5.01 Å². The van der Waals surface area contributed by atoms with E-state index >= 15 is 0 Å². The van der Waals surface area contributed by atoms with Gasteiger partial charge >= 0.3 is 6.03 Å². The summed E-state index contributed by atoms with van der Waals surface area (Å²) >= 11 is 1.66. The number of amides is 4. The Labute approximate surface area is 208 Å². The van der Waals surface area contributed by atoms with E-state index in [1.165, 1.54) is 0 Å². The van der Waals surface area contributed by atoms with Crippen LogP contribution in [0.1, 0.15) is 49.2 Å². The molecule has 0 saturated carbocycles. The average Bonchev–Trinajstić information content (AvgIpc) is 3.38. The first-order chi connectivity index (χ1) is 16.9. The number of carbonyl (C=O) groups is 3. The molecule has 2 atom stereocenters. The Morgan fingerprint density at radius 3 is 2.71 bits per heavy atom. The molecule has 0 radical (unpaired) electrons. The number of piperidine rings is 1. The SMILES string of the molecule is C[C@]1(CCc2ccccc2)NC(=O)N(NC(=O)CN2CCCC[C@@H]2c2nc3ccccc3s2)C1=O. The average molecular weight is 492 g/mol. The maximum Gasteiger partial charge on any atom is 0.344 e. The van der Waals surface area contributed by atoms with E-state index in [-0.39, 0.29) is 18.5 Å². The third kappa shape index (κ3) is 4.92. The second-order valence-corrected chi connectivity index (χ2v) is 10.5. The van der Waals surface area contributed by atoms with Crippen LogP contribution in [0.4, 0.5) is 4.79 Å². The first-order valence-electron chi connectivity index (χ1n) is 12.0. The number of imide groups is 1. The second-order valence-electron chi connectivity index (χ2n) is 9.43. The standard InChI is InChI=1S/C26H29N5O3S/c1-26(15-14-18-9-3-2-4-10-18)24(33)31(25(34)28-26)29-22(32)17-30-16-8-7-12-20(30)23-27-19-11-5-6-13-21(19)35-23/h2-6,9-11,13,20H,7-8,12,14-17H2,1H3,(H,28,34)(H,29,32)/t20-,26-/m1/s1. The van der Waals surface area contributed by atoms with Crippen LogP contribution in [-0.4, -0.2) is 51.4 Å². The first-order valence-corrected chi connectivity index (χ1v) is 12.8. The summed E-state index contributed by atoms with van der Waals surface area (Å²) in [5.41, 5.74) is 3.55. The van der Waals surface area contributed by atoms with Crippen molar-refractivity contribution in [3.05, 3.63) is 65.2 Å². The minimum Gasteiger partial charge on any atom is -0.322 e. The maximum atomic E-state index is 13.1. The third-order valence-corrected chi connectivity index (χ3v) is 7.95. The van der Waals surface area contributed by atoms with Gasteiger partial charge in [0.1, 0.15) is 10.5 Å². The van der Waals surface area contributed by atoms with Gasteiger partial charge < -0.3 is 5.32 Å². The summed E-state index contributed by atoms with van der Waals surface area (Å²) in [5, 5.41) is 4.60. The number of hydrogen-bond donors (Lipinski definition) is 2.